The van der Waals surface area contributed by atoms with E-state index in [2.05, 4.69) is 4.98 Å². The van der Waals surface area contributed by atoms with Crippen molar-refractivity contribution in [3.05, 3.63) is 73.5 Å². The van der Waals surface area contributed by atoms with Crippen LogP contribution in [-0.4, -0.2) is 32.2 Å². The highest BCUT2D eigenvalue weighted by Crippen LogP contribution is 2.46. The number of ether oxygens (including phenoxy) is 3. The number of carbonyl (C=O) groups is 1. The fourth-order valence-corrected chi connectivity index (χ4v) is 5.17. The van der Waals surface area contributed by atoms with Crippen molar-refractivity contribution in [2.75, 3.05) is 26.2 Å². The lowest BCUT2D eigenvalue weighted by molar-refractivity contribution is 0.0971. The van der Waals surface area contributed by atoms with Crippen LogP contribution in [0.3, 0.4) is 0 Å². The number of hydrogen-bond donors (Lipinski definition) is 0. The molecule has 1 atom stereocenters. The largest absolute Gasteiger partial charge is 0.493 e. The molecule has 0 fully saturated rings. The Morgan fingerprint density at radius 2 is 1.76 bits per heavy atom. The highest BCUT2D eigenvalue weighted by Gasteiger charge is 2.45. The molecule has 4 aromatic rings. The Balaban J connectivity index is 1.84. The molecule has 0 aliphatic carbocycles. The summed E-state index contributed by atoms with van der Waals surface area (Å²) in [6, 6.07) is 7.32. The minimum absolute atomic E-state index is 0.0357. The number of aryl methyl sites for hydroxylation is 1. The number of thiazole rings is 1. The number of fused-ring (bicyclic) bond motifs is 2. The monoisotopic (exact) mass is 498 g/mol. The van der Waals surface area contributed by atoms with Crippen molar-refractivity contribution in [3.8, 4) is 17.2 Å². The van der Waals surface area contributed by atoms with Gasteiger partial charge in [0.25, 0.3) is 5.91 Å². The summed E-state index contributed by atoms with van der Waals surface area (Å²) in [6.45, 7) is 1.84. The molecule has 2 aromatic heterocycles. The fraction of sp³-hybridized carbons (Fsp3) is 0.208. The third kappa shape index (κ3) is 3.31. The fourth-order valence-electron chi connectivity index (χ4n) is 4.17. The van der Waals surface area contributed by atoms with Crippen LogP contribution >= 0.6 is 22.9 Å². The molecule has 1 amide bonds. The summed E-state index contributed by atoms with van der Waals surface area (Å²) >= 11 is 7.45. The first-order valence-electron chi connectivity index (χ1n) is 10.2. The van der Waals surface area contributed by atoms with Crippen molar-refractivity contribution >= 4 is 44.9 Å². The van der Waals surface area contributed by atoms with E-state index in [4.69, 9.17) is 30.2 Å². The summed E-state index contributed by atoms with van der Waals surface area (Å²) in [5.74, 6) is 0.679. The molecule has 174 valence electrons. The van der Waals surface area contributed by atoms with Crippen LogP contribution in [0.1, 0.15) is 33.4 Å². The lowest BCUT2D eigenvalue weighted by Gasteiger charge is -2.24. The van der Waals surface area contributed by atoms with E-state index in [1.807, 2.05) is 12.3 Å². The Bertz CT molecular complexity index is 1490. The quantitative estimate of drug-likeness (QED) is 0.383. The Labute approximate surface area is 203 Å². The van der Waals surface area contributed by atoms with E-state index in [9.17, 15) is 9.59 Å². The van der Waals surface area contributed by atoms with Crippen LogP contribution in [0.15, 0.2) is 44.9 Å². The Morgan fingerprint density at radius 1 is 1.06 bits per heavy atom. The molecule has 0 spiro atoms. The van der Waals surface area contributed by atoms with Crippen LogP contribution in [0.25, 0.3) is 11.0 Å². The standard InChI is InChI=1S/C24H19ClN2O6S/c1-11-10-34-24(26-11)27-19(12-7-16(30-2)21(32-4)17(8-12)31-3)18-20(28)14-9-13(25)5-6-15(14)33-22(18)23(27)29/h5-10,19H,1-4H3/t19-/m0/s1. The second-order valence-electron chi connectivity index (χ2n) is 7.62. The van der Waals surface area contributed by atoms with Crippen LogP contribution in [0.2, 0.25) is 5.02 Å². The first kappa shape index (κ1) is 22.2. The van der Waals surface area contributed by atoms with Gasteiger partial charge in [0, 0.05) is 10.4 Å². The van der Waals surface area contributed by atoms with Gasteiger partial charge >= 0.3 is 0 Å². The van der Waals surface area contributed by atoms with Crippen LogP contribution in [0.5, 0.6) is 17.2 Å². The number of rotatable bonds is 5. The topological polar surface area (TPSA) is 91.1 Å². The number of anilines is 1. The van der Waals surface area contributed by atoms with Gasteiger partial charge in [-0.15, -0.1) is 11.3 Å². The highest BCUT2D eigenvalue weighted by atomic mass is 35.5. The minimum atomic E-state index is -0.832. The summed E-state index contributed by atoms with van der Waals surface area (Å²) in [7, 11) is 4.50. The smallest absolute Gasteiger partial charge is 0.297 e. The number of nitrogens with zero attached hydrogens (tertiary/aromatic N) is 2. The van der Waals surface area contributed by atoms with E-state index in [0.29, 0.717) is 33.0 Å². The first-order chi connectivity index (χ1) is 16.4. The van der Waals surface area contributed by atoms with E-state index in [-0.39, 0.29) is 27.7 Å². The number of halogens is 1. The molecule has 2 aromatic carbocycles. The van der Waals surface area contributed by atoms with Gasteiger partial charge < -0.3 is 18.6 Å². The number of benzene rings is 2. The molecule has 5 rings (SSSR count). The van der Waals surface area contributed by atoms with Crippen molar-refractivity contribution < 1.29 is 23.4 Å². The third-order valence-corrected chi connectivity index (χ3v) is 6.84. The number of hydrogen-bond acceptors (Lipinski definition) is 8. The SMILES string of the molecule is COc1cc([C@H]2c3c(oc4ccc(Cl)cc4c3=O)C(=O)N2c2nc(C)cs2)cc(OC)c1OC. The van der Waals surface area contributed by atoms with Crippen molar-refractivity contribution in [1.29, 1.82) is 0 Å². The average molecular weight is 499 g/mol. The molecule has 10 heteroatoms. The van der Waals surface area contributed by atoms with E-state index >= 15 is 0 Å². The van der Waals surface area contributed by atoms with Gasteiger partial charge in [0.1, 0.15) is 5.58 Å². The second kappa shape index (κ2) is 8.34. The van der Waals surface area contributed by atoms with Gasteiger partial charge in [-0.3, -0.25) is 14.5 Å². The molecule has 0 bridgehead atoms. The second-order valence-corrected chi connectivity index (χ2v) is 8.90. The average Bonchev–Trinajstić information content (AvgIpc) is 3.39. The number of aromatic nitrogens is 1. The van der Waals surface area contributed by atoms with Crippen molar-refractivity contribution in [1.82, 2.24) is 4.98 Å². The van der Waals surface area contributed by atoms with Gasteiger partial charge in [-0.2, -0.15) is 0 Å². The molecule has 34 heavy (non-hydrogen) atoms. The highest BCUT2D eigenvalue weighted by molar-refractivity contribution is 7.14. The maximum absolute atomic E-state index is 13.7. The molecular formula is C24H19ClN2O6S. The van der Waals surface area contributed by atoms with Gasteiger partial charge in [0.05, 0.1) is 44.0 Å². The van der Waals surface area contributed by atoms with E-state index < -0.39 is 11.9 Å². The van der Waals surface area contributed by atoms with E-state index in [1.165, 1.54) is 43.6 Å². The number of amides is 1. The lowest BCUT2D eigenvalue weighted by atomic mass is 9.98. The predicted molar refractivity (Wildman–Crippen MR) is 129 cm³/mol. The van der Waals surface area contributed by atoms with Gasteiger partial charge in [-0.1, -0.05) is 11.6 Å². The van der Waals surface area contributed by atoms with Gasteiger partial charge in [0.2, 0.25) is 11.5 Å². The normalized spacial score (nSPS) is 15.0. The van der Waals surface area contributed by atoms with E-state index in [1.54, 1.807) is 24.3 Å². The van der Waals surface area contributed by atoms with Crippen LogP contribution in [-0.2, 0) is 0 Å². The summed E-state index contributed by atoms with van der Waals surface area (Å²) in [6.07, 6.45) is 0. The molecule has 8 nitrogen and oxygen atoms in total. The molecule has 3 heterocycles. The summed E-state index contributed by atoms with van der Waals surface area (Å²) in [4.78, 5) is 33.3. The van der Waals surface area contributed by atoms with Crippen molar-refractivity contribution in [2.45, 2.75) is 13.0 Å². The molecule has 0 N–H and O–H groups in total. The predicted octanol–water partition coefficient (Wildman–Crippen LogP) is 4.99. The van der Waals surface area contributed by atoms with Gasteiger partial charge in [-0.05, 0) is 42.8 Å². The Kier molecular flexibility index (Phi) is 5.45. The Hall–Kier alpha value is -3.56. The van der Waals surface area contributed by atoms with Crippen molar-refractivity contribution in [2.24, 2.45) is 0 Å². The summed E-state index contributed by atoms with van der Waals surface area (Å²) in [5.41, 5.74) is 1.46. The van der Waals surface area contributed by atoms with Gasteiger partial charge in [0.15, 0.2) is 22.1 Å². The summed E-state index contributed by atoms with van der Waals surface area (Å²) in [5, 5.41) is 2.95. The number of carbonyl (C=O) groups excluding carboxylic acids is 1. The molecule has 0 saturated carbocycles. The molecule has 0 saturated heterocycles. The third-order valence-electron chi connectivity index (χ3n) is 5.65. The Morgan fingerprint density at radius 3 is 2.35 bits per heavy atom. The molecule has 0 unspecified atom stereocenters. The van der Waals surface area contributed by atoms with Gasteiger partial charge in [-0.25, -0.2) is 4.98 Å². The number of methoxy groups -OCH3 is 3. The molecule has 1 aliphatic heterocycles. The zero-order valence-electron chi connectivity index (χ0n) is 18.7. The maximum atomic E-state index is 13.7. The maximum Gasteiger partial charge on any atom is 0.297 e. The summed E-state index contributed by atoms with van der Waals surface area (Å²) < 4.78 is 22.4. The zero-order valence-corrected chi connectivity index (χ0v) is 20.2. The van der Waals surface area contributed by atoms with Crippen LogP contribution in [0.4, 0.5) is 5.13 Å². The van der Waals surface area contributed by atoms with Crippen LogP contribution < -0.4 is 24.5 Å². The van der Waals surface area contributed by atoms with Crippen molar-refractivity contribution in [3.63, 3.8) is 0 Å². The first-order valence-corrected chi connectivity index (χ1v) is 11.5. The van der Waals surface area contributed by atoms with Crippen LogP contribution in [0, 0.1) is 6.92 Å². The minimum Gasteiger partial charge on any atom is -0.493 e. The molecule has 1 aliphatic rings. The van der Waals surface area contributed by atoms with E-state index in [0.717, 1.165) is 5.69 Å². The lowest BCUT2D eigenvalue weighted by Crippen LogP contribution is -2.29. The molecule has 0 radical (unpaired) electrons. The zero-order chi connectivity index (χ0) is 24.1. The molecular weight excluding hydrogens is 480 g/mol.